The molecule has 1 aliphatic rings. The molecule has 172 valence electrons. The van der Waals surface area contributed by atoms with Crippen LogP contribution in [0.1, 0.15) is 34.3 Å². The number of hydrogen-bond donors (Lipinski definition) is 0. The maximum atomic E-state index is 15.4. The van der Waals surface area contributed by atoms with E-state index in [1.807, 2.05) is 0 Å². The van der Waals surface area contributed by atoms with Gasteiger partial charge in [-0.1, -0.05) is 6.07 Å². The summed E-state index contributed by atoms with van der Waals surface area (Å²) in [7, 11) is 0. The van der Waals surface area contributed by atoms with Gasteiger partial charge in [0.1, 0.15) is 23.5 Å². The molecule has 0 N–H and O–H groups in total. The second-order valence-corrected chi connectivity index (χ2v) is 7.92. The molecule has 1 amide bonds. The minimum absolute atomic E-state index is 0.0672. The predicted octanol–water partition coefficient (Wildman–Crippen LogP) is 4.88. The number of rotatable bonds is 4. The van der Waals surface area contributed by atoms with Gasteiger partial charge in [-0.25, -0.2) is 18.7 Å². The highest BCUT2D eigenvalue weighted by Crippen LogP contribution is 2.35. The summed E-state index contributed by atoms with van der Waals surface area (Å²) in [5, 5.41) is 0. The van der Waals surface area contributed by atoms with Gasteiger partial charge < -0.3 is 4.90 Å². The number of amides is 1. The highest BCUT2D eigenvalue weighted by molar-refractivity contribution is 5.99. The molecule has 0 unspecified atom stereocenters. The first-order valence-electron chi connectivity index (χ1n) is 10.2. The third-order valence-electron chi connectivity index (χ3n) is 5.70. The second-order valence-electron chi connectivity index (χ2n) is 7.92. The van der Waals surface area contributed by atoms with Gasteiger partial charge in [0, 0.05) is 31.9 Å². The first kappa shape index (κ1) is 22.8. The lowest BCUT2D eigenvalue weighted by atomic mass is 9.86. The summed E-state index contributed by atoms with van der Waals surface area (Å²) in [5.74, 6) is -1.43. The van der Waals surface area contributed by atoms with E-state index in [0.29, 0.717) is 23.0 Å². The number of pyridine rings is 1. The van der Waals surface area contributed by atoms with E-state index < -0.39 is 23.2 Å². The highest BCUT2D eigenvalue weighted by Gasteiger charge is 2.38. The van der Waals surface area contributed by atoms with Crippen LogP contribution in [0, 0.1) is 5.82 Å². The molecule has 33 heavy (non-hydrogen) atoms. The van der Waals surface area contributed by atoms with Crippen LogP contribution in [0.4, 0.5) is 22.0 Å². The van der Waals surface area contributed by atoms with E-state index in [9.17, 15) is 22.4 Å². The van der Waals surface area contributed by atoms with E-state index >= 15 is 4.39 Å². The summed E-state index contributed by atoms with van der Waals surface area (Å²) in [4.78, 5) is 26.8. The van der Waals surface area contributed by atoms with Crippen LogP contribution in [0.5, 0.6) is 0 Å². The van der Waals surface area contributed by atoms with Gasteiger partial charge in [0.2, 0.25) is 0 Å². The largest absolute Gasteiger partial charge is 0.416 e. The van der Waals surface area contributed by atoms with Crippen LogP contribution < -0.4 is 0 Å². The lowest BCUT2D eigenvalue weighted by Crippen LogP contribution is -2.45. The number of piperidine rings is 1. The first-order chi connectivity index (χ1) is 15.7. The molecule has 0 atom stereocenters. The van der Waals surface area contributed by atoms with Crippen LogP contribution in [0.25, 0.3) is 11.4 Å². The monoisotopic (exact) mass is 462 g/mol. The van der Waals surface area contributed by atoms with Gasteiger partial charge in [-0.3, -0.25) is 9.78 Å². The quantitative estimate of drug-likeness (QED) is 0.519. The molecule has 3 aromatic rings. The molecule has 1 aromatic carbocycles. The van der Waals surface area contributed by atoms with E-state index in [0.717, 1.165) is 12.1 Å². The fourth-order valence-corrected chi connectivity index (χ4v) is 3.88. The Bertz CT molecular complexity index is 1150. The molecule has 3 heterocycles. The molecule has 4 rings (SSSR count). The SMILES string of the molecule is O=C(c1cccnc1-c1ccncn1)N1CCC(F)(Cc2ccc(C(F)(F)F)cc2F)CC1. The summed E-state index contributed by atoms with van der Waals surface area (Å²) in [6.45, 7) is 0.158. The summed E-state index contributed by atoms with van der Waals surface area (Å²) in [5.41, 5.74) is -1.90. The lowest BCUT2D eigenvalue weighted by Gasteiger charge is -2.36. The number of carbonyl (C=O) groups is 1. The van der Waals surface area contributed by atoms with Crippen molar-refractivity contribution in [3.63, 3.8) is 0 Å². The standard InChI is InChI=1S/C23H19F5N4O/c24-18-12-16(23(26,27)28)4-3-15(18)13-22(25)6-10-32(11-7-22)21(33)17-2-1-8-30-20(17)19-5-9-29-14-31-19/h1-5,8-9,12,14H,6-7,10-11,13H2. The van der Waals surface area contributed by atoms with Gasteiger partial charge in [0.25, 0.3) is 5.91 Å². The van der Waals surface area contributed by atoms with E-state index in [1.165, 1.54) is 23.6 Å². The Hall–Kier alpha value is -3.43. The number of alkyl halides is 4. The Kier molecular flexibility index (Phi) is 6.09. The smallest absolute Gasteiger partial charge is 0.338 e. The molecule has 1 fully saturated rings. The Morgan fingerprint density at radius 3 is 2.45 bits per heavy atom. The van der Waals surface area contributed by atoms with Crippen molar-refractivity contribution < 1.29 is 26.7 Å². The van der Waals surface area contributed by atoms with Crippen molar-refractivity contribution in [2.45, 2.75) is 31.1 Å². The molecule has 1 saturated heterocycles. The molecule has 0 spiro atoms. The van der Waals surface area contributed by atoms with Crippen molar-refractivity contribution in [3.05, 3.63) is 77.6 Å². The van der Waals surface area contributed by atoms with Crippen molar-refractivity contribution in [1.82, 2.24) is 19.9 Å². The third-order valence-corrected chi connectivity index (χ3v) is 5.70. The Morgan fingerprint density at radius 1 is 1.06 bits per heavy atom. The maximum absolute atomic E-state index is 15.4. The number of carbonyl (C=O) groups excluding carboxylic acids is 1. The second kappa shape index (κ2) is 8.84. The molecule has 1 aliphatic heterocycles. The molecular formula is C23H19F5N4O. The molecule has 2 aromatic heterocycles. The van der Waals surface area contributed by atoms with Crippen molar-refractivity contribution in [2.75, 3.05) is 13.1 Å². The molecule has 0 aliphatic carbocycles. The molecule has 5 nitrogen and oxygen atoms in total. The summed E-state index contributed by atoms with van der Waals surface area (Å²) < 4.78 is 67.8. The maximum Gasteiger partial charge on any atom is 0.416 e. The van der Waals surface area contributed by atoms with Crippen LogP contribution in [-0.4, -0.2) is 44.5 Å². The van der Waals surface area contributed by atoms with Gasteiger partial charge in [-0.15, -0.1) is 0 Å². The fourth-order valence-electron chi connectivity index (χ4n) is 3.88. The Balaban J connectivity index is 1.46. The number of benzene rings is 1. The average molecular weight is 462 g/mol. The van der Waals surface area contributed by atoms with Crippen LogP contribution in [0.15, 0.2) is 55.1 Å². The zero-order valence-corrected chi connectivity index (χ0v) is 17.3. The number of nitrogens with zero attached hydrogens (tertiary/aromatic N) is 4. The topological polar surface area (TPSA) is 59.0 Å². The van der Waals surface area contributed by atoms with E-state index in [4.69, 9.17) is 0 Å². The van der Waals surface area contributed by atoms with Crippen LogP contribution in [0.2, 0.25) is 0 Å². The molecular weight excluding hydrogens is 443 g/mol. The summed E-state index contributed by atoms with van der Waals surface area (Å²) >= 11 is 0. The molecule has 0 saturated carbocycles. The van der Waals surface area contributed by atoms with Crippen molar-refractivity contribution >= 4 is 5.91 Å². The third kappa shape index (κ3) is 4.99. The fraction of sp³-hybridized carbons (Fsp3) is 0.304. The number of aromatic nitrogens is 3. The normalized spacial score (nSPS) is 16.0. The predicted molar refractivity (Wildman–Crippen MR) is 109 cm³/mol. The minimum Gasteiger partial charge on any atom is -0.338 e. The van der Waals surface area contributed by atoms with E-state index in [1.54, 1.807) is 18.2 Å². The van der Waals surface area contributed by atoms with Crippen molar-refractivity contribution in [1.29, 1.82) is 0 Å². The Labute approximate surface area is 186 Å². The average Bonchev–Trinajstić information content (AvgIpc) is 2.80. The number of halogens is 5. The van der Waals surface area contributed by atoms with Crippen molar-refractivity contribution in [2.24, 2.45) is 0 Å². The molecule has 10 heteroatoms. The van der Waals surface area contributed by atoms with E-state index in [-0.39, 0.29) is 43.8 Å². The number of likely N-dealkylation sites (tertiary alicyclic amines) is 1. The van der Waals surface area contributed by atoms with E-state index in [2.05, 4.69) is 15.0 Å². The lowest BCUT2D eigenvalue weighted by molar-refractivity contribution is -0.137. The van der Waals surface area contributed by atoms with Crippen LogP contribution >= 0.6 is 0 Å². The number of hydrogen-bond acceptors (Lipinski definition) is 4. The van der Waals surface area contributed by atoms with Gasteiger partial charge in [-0.05, 0) is 48.7 Å². The summed E-state index contributed by atoms with van der Waals surface area (Å²) in [6.07, 6.45) is -0.755. The van der Waals surface area contributed by atoms with Crippen molar-refractivity contribution in [3.8, 4) is 11.4 Å². The Morgan fingerprint density at radius 2 is 1.82 bits per heavy atom. The van der Waals surface area contributed by atoms with Gasteiger partial charge >= 0.3 is 6.18 Å². The van der Waals surface area contributed by atoms with Gasteiger partial charge in [-0.2, -0.15) is 13.2 Å². The molecule has 0 bridgehead atoms. The first-order valence-corrected chi connectivity index (χ1v) is 10.2. The van der Waals surface area contributed by atoms with Gasteiger partial charge in [0.05, 0.1) is 16.8 Å². The highest BCUT2D eigenvalue weighted by atomic mass is 19.4. The zero-order valence-electron chi connectivity index (χ0n) is 17.3. The van der Waals surface area contributed by atoms with Crippen LogP contribution in [-0.2, 0) is 12.6 Å². The van der Waals surface area contributed by atoms with Gasteiger partial charge in [0.15, 0.2) is 0 Å². The zero-order chi connectivity index (χ0) is 23.6. The van der Waals surface area contributed by atoms with Crippen LogP contribution in [0.3, 0.4) is 0 Å². The molecule has 0 radical (unpaired) electrons. The summed E-state index contributed by atoms with van der Waals surface area (Å²) in [6, 6.07) is 6.96. The minimum atomic E-state index is -4.67.